The Bertz CT molecular complexity index is 525. The molecule has 90 valence electrons. The Hall–Kier alpha value is -0.160. The van der Waals surface area contributed by atoms with Gasteiger partial charge < -0.3 is 5.11 Å². The first-order valence-electron chi connectivity index (χ1n) is 5.18. The van der Waals surface area contributed by atoms with Gasteiger partial charge in [-0.25, -0.2) is 0 Å². The Labute approximate surface area is 122 Å². The summed E-state index contributed by atoms with van der Waals surface area (Å²) >= 11 is 8.55. The van der Waals surface area contributed by atoms with Crippen LogP contribution in [0.5, 0.6) is 0 Å². The van der Waals surface area contributed by atoms with Crippen LogP contribution in [0.3, 0.4) is 0 Å². The number of thiophene rings is 1. The van der Waals surface area contributed by atoms with Crippen molar-refractivity contribution >= 4 is 43.2 Å². The van der Waals surface area contributed by atoms with E-state index >= 15 is 0 Å². The molecule has 0 spiro atoms. The van der Waals surface area contributed by atoms with Crippen molar-refractivity contribution in [1.82, 2.24) is 0 Å². The summed E-state index contributed by atoms with van der Waals surface area (Å²) in [6.45, 7) is 4.08. The molecule has 1 aromatic heterocycles. The van der Waals surface area contributed by atoms with Crippen molar-refractivity contribution < 1.29 is 5.11 Å². The van der Waals surface area contributed by atoms with Crippen molar-refractivity contribution in [2.24, 2.45) is 0 Å². The predicted molar refractivity (Wildman–Crippen MR) is 79.7 cm³/mol. The van der Waals surface area contributed by atoms with Gasteiger partial charge in [-0.15, -0.1) is 11.3 Å². The van der Waals surface area contributed by atoms with E-state index < -0.39 is 6.10 Å². The van der Waals surface area contributed by atoms with Crippen molar-refractivity contribution in [3.63, 3.8) is 0 Å². The zero-order chi connectivity index (χ0) is 12.6. The van der Waals surface area contributed by atoms with Gasteiger partial charge in [0, 0.05) is 8.95 Å². The average molecular weight is 376 g/mol. The fraction of sp³-hybridized carbons (Fsp3) is 0.231. The highest BCUT2D eigenvalue weighted by atomic mass is 79.9. The first-order valence-corrected chi connectivity index (χ1v) is 7.65. The Kier molecular flexibility index (Phi) is 4.08. The molecule has 0 saturated carbocycles. The van der Waals surface area contributed by atoms with Crippen LogP contribution in [0.25, 0.3) is 0 Å². The molecule has 4 heteroatoms. The molecule has 1 unspecified atom stereocenters. The molecule has 1 N–H and O–H groups in total. The standard InChI is InChI=1S/C13H12Br2OS/c1-7-5-9(6-8(2)11(7)15)12(16)13-10(14)3-4-17-13/h3-6,12,16H,1-2H3. The van der Waals surface area contributed by atoms with E-state index in [0.29, 0.717) is 0 Å². The summed E-state index contributed by atoms with van der Waals surface area (Å²) < 4.78 is 2.08. The molecule has 1 heterocycles. The van der Waals surface area contributed by atoms with E-state index in [2.05, 4.69) is 31.9 Å². The van der Waals surface area contributed by atoms with Crippen LogP contribution in [0.15, 0.2) is 32.5 Å². The van der Waals surface area contributed by atoms with Crippen LogP contribution in [0, 0.1) is 13.8 Å². The second-order valence-corrected chi connectivity index (χ2v) is 6.60. The van der Waals surface area contributed by atoms with Crippen molar-refractivity contribution in [3.05, 3.63) is 54.1 Å². The number of aliphatic hydroxyl groups excluding tert-OH is 1. The maximum atomic E-state index is 10.4. The molecule has 0 bridgehead atoms. The maximum absolute atomic E-state index is 10.4. The van der Waals surface area contributed by atoms with Crippen LogP contribution in [0.2, 0.25) is 0 Å². The summed E-state index contributed by atoms with van der Waals surface area (Å²) in [5.74, 6) is 0. The lowest BCUT2D eigenvalue weighted by Crippen LogP contribution is -1.99. The zero-order valence-corrected chi connectivity index (χ0v) is 13.5. The van der Waals surface area contributed by atoms with E-state index in [0.717, 1.165) is 30.5 Å². The lowest BCUT2D eigenvalue weighted by molar-refractivity contribution is 0.223. The third kappa shape index (κ3) is 2.65. The summed E-state index contributed by atoms with van der Waals surface area (Å²) in [6, 6.07) is 6.00. The molecule has 0 aliphatic carbocycles. The summed E-state index contributed by atoms with van der Waals surface area (Å²) in [4.78, 5) is 0.950. The third-order valence-electron chi connectivity index (χ3n) is 2.67. The fourth-order valence-corrected chi connectivity index (χ4v) is 3.62. The molecular formula is C13H12Br2OS. The largest absolute Gasteiger partial charge is 0.383 e. The van der Waals surface area contributed by atoms with Crippen LogP contribution in [-0.4, -0.2) is 5.11 Å². The number of halogens is 2. The van der Waals surface area contributed by atoms with Gasteiger partial charge in [0.25, 0.3) is 0 Å². The normalized spacial score (nSPS) is 12.8. The number of aliphatic hydroxyl groups is 1. The molecule has 0 amide bonds. The molecule has 0 fully saturated rings. The van der Waals surface area contributed by atoms with Crippen molar-refractivity contribution in [3.8, 4) is 0 Å². The van der Waals surface area contributed by atoms with Gasteiger partial charge in [0.1, 0.15) is 6.10 Å². The summed E-state index contributed by atoms with van der Waals surface area (Å²) in [6.07, 6.45) is -0.560. The van der Waals surface area contributed by atoms with E-state index in [1.54, 1.807) is 11.3 Å². The lowest BCUT2D eigenvalue weighted by Gasteiger charge is -2.13. The minimum Gasteiger partial charge on any atom is -0.383 e. The van der Waals surface area contributed by atoms with Gasteiger partial charge in [-0.1, -0.05) is 28.1 Å². The van der Waals surface area contributed by atoms with Gasteiger partial charge in [0.05, 0.1) is 4.88 Å². The number of hydrogen-bond acceptors (Lipinski definition) is 2. The minimum absolute atomic E-state index is 0.560. The number of benzene rings is 1. The Morgan fingerprint density at radius 1 is 1.18 bits per heavy atom. The Morgan fingerprint density at radius 3 is 2.24 bits per heavy atom. The van der Waals surface area contributed by atoms with Crippen LogP contribution in [-0.2, 0) is 0 Å². The monoisotopic (exact) mass is 374 g/mol. The quantitative estimate of drug-likeness (QED) is 0.785. The molecule has 2 aromatic rings. The maximum Gasteiger partial charge on any atom is 0.114 e. The van der Waals surface area contributed by atoms with Gasteiger partial charge in [0.2, 0.25) is 0 Å². The highest BCUT2D eigenvalue weighted by Crippen LogP contribution is 2.35. The van der Waals surface area contributed by atoms with Gasteiger partial charge >= 0.3 is 0 Å². The average Bonchev–Trinajstić information content (AvgIpc) is 2.70. The van der Waals surface area contributed by atoms with E-state index in [-0.39, 0.29) is 0 Å². The predicted octanol–water partition coefficient (Wildman–Crippen LogP) is 4.97. The van der Waals surface area contributed by atoms with Gasteiger partial charge in [-0.2, -0.15) is 0 Å². The highest BCUT2D eigenvalue weighted by Gasteiger charge is 2.16. The Balaban J connectivity index is 2.45. The molecule has 1 aromatic carbocycles. The van der Waals surface area contributed by atoms with Crippen molar-refractivity contribution in [1.29, 1.82) is 0 Å². The molecule has 1 nitrogen and oxygen atoms in total. The topological polar surface area (TPSA) is 20.2 Å². The van der Waals surface area contributed by atoms with E-state index in [4.69, 9.17) is 0 Å². The smallest absolute Gasteiger partial charge is 0.114 e. The zero-order valence-electron chi connectivity index (χ0n) is 9.50. The highest BCUT2D eigenvalue weighted by molar-refractivity contribution is 9.10. The molecule has 0 aliphatic rings. The minimum atomic E-state index is -0.560. The molecule has 0 aliphatic heterocycles. The molecule has 0 saturated heterocycles. The first kappa shape index (κ1) is 13.3. The van der Waals surface area contributed by atoms with Gasteiger partial charge in [-0.05, 0) is 57.9 Å². The lowest BCUT2D eigenvalue weighted by atomic mass is 10.0. The fourth-order valence-electron chi connectivity index (χ4n) is 1.79. The number of hydrogen-bond donors (Lipinski definition) is 1. The van der Waals surface area contributed by atoms with Crippen LogP contribution in [0.1, 0.15) is 27.7 Å². The van der Waals surface area contributed by atoms with Crippen LogP contribution < -0.4 is 0 Å². The number of aryl methyl sites for hydroxylation is 2. The van der Waals surface area contributed by atoms with E-state index in [1.807, 2.05) is 37.4 Å². The third-order valence-corrected chi connectivity index (χ3v) is 5.84. The van der Waals surface area contributed by atoms with Crippen LogP contribution >= 0.6 is 43.2 Å². The number of rotatable bonds is 2. The van der Waals surface area contributed by atoms with E-state index in [9.17, 15) is 5.11 Å². The van der Waals surface area contributed by atoms with Crippen molar-refractivity contribution in [2.75, 3.05) is 0 Å². The molecule has 1 atom stereocenters. The second kappa shape index (κ2) is 5.22. The van der Waals surface area contributed by atoms with Gasteiger partial charge in [0.15, 0.2) is 0 Å². The van der Waals surface area contributed by atoms with E-state index in [1.165, 1.54) is 0 Å². The molecule has 2 rings (SSSR count). The summed E-state index contributed by atoms with van der Waals surface area (Å²) in [5.41, 5.74) is 3.23. The summed E-state index contributed by atoms with van der Waals surface area (Å²) in [7, 11) is 0. The van der Waals surface area contributed by atoms with Crippen molar-refractivity contribution in [2.45, 2.75) is 20.0 Å². The Morgan fingerprint density at radius 2 is 1.76 bits per heavy atom. The van der Waals surface area contributed by atoms with Crippen LogP contribution in [0.4, 0.5) is 0 Å². The molecule has 0 radical (unpaired) electrons. The second-order valence-electron chi connectivity index (χ2n) is 4.00. The van der Waals surface area contributed by atoms with Gasteiger partial charge in [-0.3, -0.25) is 0 Å². The first-order chi connectivity index (χ1) is 8.00. The SMILES string of the molecule is Cc1cc(C(O)c2sccc2Br)cc(C)c1Br. The summed E-state index contributed by atoms with van der Waals surface area (Å²) in [5, 5.41) is 12.3. The molecule has 17 heavy (non-hydrogen) atoms. The molecular weight excluding hydrogens is 364 g/mol.